The number of benzene rings is 2. The Morgan fingerprint density at radius 2 is 1.87 bits per heavy atom. The van der Waals surface area contributed by atoms with Crippen LogP contribution in [0.3, 0.4) is 0 Å². The maximum atomic E-state index is 10.8. The third-order valence-electron chi connectivity index (χ3n) is 4.47. The number of nitro groups is 1. The Hall–Kier alpha value is -3.30. The molecule has 2 N–H and O–H groups in total. The van der Waals surface area contributed by atoms with Crippen LogP contribution in [0, 0.1) is 16.0 Å². The number of nitrogens with one attached hydrogen (secondary N) is 1. The van der Waals surface area contributed by atoms with E-state index in [1.165, 1.54) is 12.1 Å². The molecule has 0 saturated carbocycles. The van der Waals surface area contributed by atoms with E-state index in [0.29, 0.717) is 23.0 Å². The first-order valence-electron chi connectivity index (χ1n) is 9.61. The third kappa shape index (κ3) is 5.62. The van der Waals surface area contributed by atoms with E-state index in [1.54, 1.807) is 12.1 Å². The van der Waals surface area contributed by atoms with Crippen molar-refractivity contribution in [1.29, 1.82) is 0 Å². The predicted molar refractivity (Wildman–Crippen MR) is 110 cm³/mol. The van der Waals surface area contributed by atoms with Gasteiger partial charge in [-0.25, -0.2) is 0 Å². The highest BCUT2D eigenvalue weighted by atomic mass is 16.6. The van der Waals surface area contributed by atoms with Gasteiger partial charge in [0.2, 0.25) is 11.7 Å². The quantitative estimate of drug-likeness (QED) is 0.384. The highest BCUT2D eigenvalue weighted by molar-refractivity contribution is 5.56. The normalized spacial score (nSPS) is 13.2. The van der Waals surface area contributed by atoms with Crippen molar-refractivity contribution in [3.8, 4) is 17.1 Å². The van der Waals surface area contributed by atoms with Crippen LogP contribution in [-0.4, -0.2) is 39.4 Å². The summed E-state index contributed by atoms with van der Waals surface area (Å²) in [4.78, 5) is 14.8. The van der Waals surface area contributed by atoms with Gasteiger partial charge in [-0.15, -0.1) is 0 Å². The van der Waals surface area contributed by atoms with E-state index in [-0.39, 0.29) is 30.8 Å². The molecule has 2 unspecified atom stereocenters. The predicted octanol–water partition coefficient (Wildman–Crippen LogP) is 3.37. The number of aliphatic hydroxyl groups excluding tert-OH is 1. The largest absolute Gasteiger partial charge is 0.491 e. The molecule has 30 heavy (non-hydrogen) atoms. The van der Waals surface area contributed by atoms with Gasteiger partial charge in [0.15, 0.2) is 0 Å². The second-order valence-corrected chi connectivity index (χ2v) is 7.17. The fourth-order valence-corrected chi connectivity index (χ4v) is 2.85. The molecule has 3 aromatic rings. The van der Waals surface area contributed by atoms with E-state index in [1.807, 2.05) is 44.2 Å². The number of non-ortho nitro benzene ring substituents is 1. The highest BCUT2D eigenvalue weighted by Crippen LogP contribution is 2.24. The van der Waals surface area contributed by atoms with Gasteiger partial charge in [-0.1, -0.05) is 37.2 Å². The fourth-order valence-electron chi connectivity index (χ4n) is 2.85. The van der Waals surface area contributed by atoms with Gasteiger partial charge in [0.05, 0.1) is 11.0 Å². The van der Waals surface area contributed by atoms with Crippen molar-refractivity contribution < 1.29 is 19.3 Å². The highest BCUT2D eigenvalue weighted by Gasteiger charge is 2.24. The van der Waals surface area contributed by atoms with Gasteiger partial charge in [0.1, 0.15) is 18.5 Å². The monoisotopic (exact) mass is 412 g/mol. The Morgan fingerprint density at radius 3 is 2.50 bits per heavy atom. The van der Waals surface area contributed by atoms with E-state index in [9.17, 15) is 15.2 Å². The maximum absolute atomic E-state index is 10.8. The van der Waals surface area contributed by atoms with Gasteiger partial charge < -0.3 is 19.7 Å². The smallest absolute Gasteiger partial charge is 0.269 e. The van der Waals surface area contributed by atoms with Crippen LogP contribution < -0.4 is 10.1 Å². The second-order valence-electron chi connectivity index (χ2n) is 7.17. The average Bonchev–Trinajstić information content (AvgIpc) is 3.23. The molecule has 0 radical (unpaired) electrons. The van der Waals surface area contributed by atoms with E-state index in [2.05, 4.69) is 15.5 Å². The summed E-state index contributed by atoms with van der Waals surface area (Å²) in [6, 6.07) is 15.0. The number of ether oxygens (including phenoxy) is 1. The summed E-state index contributed by atoms with van der Waals surface area (Å²) in [5, 5.41) is 28.3. The first kappa shape index (κ1) is 21.4. The summed E-state index contributed by atoms with van der Waals surface area (Å²) < 4.78 is 11.0. The number of nitro benzene ring substituents is 1. The molecule has 0 aliphatic rings. The number of hydrogen-bond acceptors (Lipinski definition) is 8. The van der Waals surface area contributed by atoms with Crippen LogP contribution in [0.1, 0.15) is 25.8 Å². The Bertz CT molecular complexity index is 944. The number of para-hydroxylation sites is 1. The van der Waals surface area contributed by atoms with Crippen LogP contribution in [0.2, 0.25) is 0 Å². The molecule has 3 rings (SSSR count). The topological polar surface area (TPSA) is 124 Å². The zero-order chi connectivity index (χ0) is 21.5. The van der Waals surface area contributed by atoms with E-state index in [0.717, 1.165) is 0 Å². The molecule has 0 fully saturated rings. The Labute approximate surface area is 173 Å². The van der Waals surface area contributed by atoms with Crippen molar-refractivity contribution in [3.05, 3.63) is 70.6 Å². The van der Waals surface area contributed by atoms with Crippen LogP contribution in [0.4, 0.5) is 5.69 Å². The zero-order valence-corrected chi connectivity index (χ0v) is 16.8. The van der Waals surface area contributed by atoms with Gasteiger partial charge >= 0.3 is 0 Å². The maximum Gasteiger partial charge on any atom is 0.269 e. The lowest BCUT2D eigenvalue weighted by atomic mass is 10.0. The van der Waals surface area contributed by atoms with Crippen molar-refractivity contribution in [2.75, 3.05) is 13.2 Å². The van der Waals surface area contributed by atoms with Crippen molar-refractivity contribution in [3.63, 3.8) is 0 Å². The molecule has 9 nitrogen and oxygen atoms in total. The van der Waals surface area contributed by atoms with E-state index in [4.69, 9.17) is 9.26 Å². The van der Waals surface area contributed by atoms with Crippen molar-refractivity contribution in [1.82, 2.24) is 15.5 Å². The van der Waals surface area contributed by atoms with Gasteiger partial charge in [-0.2, -0.15) is 4.98 Å². The molecule has 1 heterocycles. The summed E-state index contributed by atoms with van der Waals surface area (Å²) >= 11 is 0. The summed E-state index contributed by atoms with van der Waals surface area (Å²) in [6.07, 6.45) is -0.719. The molecule has 0 bridgehead atoms. The Kier molecular flexibility index (Phi) is 7.10. The lowest BCUT2D eigenvalue weighted by molar-refractivity contribution is -0.384. The van der Waals surface area contributed by atoms with Gasteiger partial charge in [0, 0.05) is 24.2 Å². The summed E-state index contributed by atoms with van der Waals surface area (Å²) in [6.45, 7) is 4.44. The summed E-state index contributed by atoms with van der Waals surface area (Å²) in [7, 11) is 0. The molecule has 0 aliphatic carbocycles. The molecule has 2 atom stereocenters. The van der Waals surface area contributed by atoms with E-state index < -0.39 is 11.0 Å². The summed E-state index contributed by atoms with van der Waals surface area (Å²) in [5.74, 6) is 1.55. The number of aromatic nitrogens is 2. The van der Waals surface area contributed by atoms with Crippen molar-refractivity contribution in [2.45, 2.75) is 26.0 Å². The van der Waals surface area contributed by atoms with Crippen LogP contribution in [0.5, 0.6) is 5.75 Å². The molecule has 158 valence electrons. The third-order valence-corrected chi connectivity index (χ3v) is 4.47. The summed E-state index contributed by atoms with van der Waals surface area (Å²) in [5.41, 5.74) is 0.616. The Morgan fingerprint density at radius 1 is 1.17 bits per heavy atom. The lowest BCUT2D eigenvalue weighted by Crippen LogP contribution is -2.36. The number of hydrogen-bond donors (Lipinski definition) is 2. The molecule has 0 aliphatic heterocycles. The van der Waals surface area contributed by atoms with Gasteiger partial charge in [0.25, 0.3) is 5.69 Å². The molecule has 1 aromatic heterocycles. The second kappa shape index (κ2) is 9.95. The standard InChI is InChI=1S/C21H24N4O5/c1-14(2)19(22-12-17(26)13-29-18-6-4-3-5-7-18)21-23-20(24-30-21)15-8-10-16(11-9-15)25(27)28/h3-11,14,17,19,22,26H,12-13H2,1-2H3. The molecular formula is C21H24N4O5. The van der Waals surface area contributed by atoms with Crippen molar-refractivity contribution in [2.24, 2.45) is 5.92 Å². The minimum atomic E-state index is -0.719. The molecular weight excluding hydrogens is 388 g/mol. The number of aliphatic hydroxyl groups is 1. The van der Waals surface area contributed by atoms with Crippen LogP contribution in [-0.2, 0) is 0 Å². The van der Waals surface area contributed by atoms with Crippen LogP contribution in [0.15, 0.2) is 59.1 Å². The minimum absolute atomic E-state index is 0.00380. The fraction of sp³-hybridized carbons (Fsp3) is 0.333. The van der Waals surface area contributed by atoms with Crippen molar-refractivity contribution >= 4 is 5.69 Å². The zero-order valence-electron chi connectivity index (χ0n) is 16.8. The molecule has 0 spiro atoms. The first-order valence-corrected chi connectivity index (χ1v) is 9.61. The molecule has 9 heteroatoms. The van der Waals surface area contributed by atoms with Gasteiger partial charge in [-0.05, 0) is 30.2 Å². The van der Waals surface area contributed by atoms with Crippen LogP contribution >= 0.6 is 0 Å². The molecule has 0 saturated heterocycles. The lowest BCUT2D eigenvalue weighted by Gasteiger charge is -2.21. The van der Waals surface area contributed by atoms with E-state index >= 15 is 0 Å². The van der Waals surface area contributed by atoms with Crippen LogP contribution in [0.25, 0.3) is 11.4 Å². The average molecular weight is 412 g/mol. The molecule has 2 aromatic carbocycles. The number of nitrogens with zero attached hydrogens (tertiary/aromatic N) is 3. The SMILES string of the molecule is CC(C)C(NCC(O)COc1ccccc1)c1nc(-c2ccc([N+](=O)[O-])cc2)no1. The number of rotatable bonds is 10. The van der Waals surface area contributed by atoms with Gasteiger partial charge in [-0.3, -0.25) is 10.1 Å². The minimum Gasteiger partial charge on any atom is -0.491 e. The first-order chi connectivity index (χ1) is 14.4. The molecule has 0 amide bonds. The Balaban J connectivity index is 1.60.